The highest BCUT2D eigenvalue weighted by Gasteiger charge is 2.16. The van der Waals surface area contributed by atoms with Gasteiger partial charge >= 0.3 is 0 Å². The van der Waals surface area contributed by atoms with Gasteiger partial charge in [-0.2, -0.15) is 0 Å². The van der Waals surface area contributed by atoms with Crippen LogP contribution in [0.2, 0.25) is 0 Å². The predicted octanol–water partition coefficient (Wildman–Crippen LogP) is 1.96. The second-order valence-corrected chi connectivity index (χ2v) is 4.20. The lowest BCUT2D eigenvalue weighted by molar-refractivity contribution is 0.523. The van der Waals surface area contributed by atoms with Gasteiger partial charge in [0.05, 0.1) is 16.6 Å². The third kappa shape index (κ3) is 3.37. The average Bonchev–Trinajstić information content (AvgIpc) is 2.68. The summed E-state index contributed by atoms with van der Waals surface area (Å²) in [5.41, 5.74) is 3.90. The smallest absolute Gasteiger partial charge is 0.0804 e. The Kier molecular flexibility index (Phi) is 5.45. The van der Waals surface area contributed by atoms with E-state index in [2.05, 4.69) is 28.5 Å². The Morgan fingerprint density at radius 2 is 2.47 bits per heavy atom. The number of aryl methyl sites for hydroxylation is 1. The van der Waals surface area contributed by atoms with E-state index < -0.39 is 0 Å². The van der Waals surface area contributed by atoms with Crippen molar-refractivity contribution in [2.45, 2.75) is 38.6 Å². The van der Waals surface area contributed by atoms with Crippen LogP contribution >= 0.6 is 11.5 Å². The van der Waals surface area contributed by atoms with Crippen molar-refractivity contribution in [2.75, 3.05) is 0 Å². The fourth-order valence-electron chi connectivity index (χ4n) is 1.47. The van der Waals surface area contributed by atoms with E-state index in [9.17, 15) is 0 Å². The summed E-state index contributed by atoms with van der Waals surface area (Å²) in [6, 6.07) is 0.157. The summed E-state index contributed by atoms with van der Waals surface area (Å²) in [5.74, 6) is 5.54. The maximum Gasteiger partial charge on any atom is 0.0804 e. The fraction of sp³-hybridized carbons (Fsp3) is 0.600. The maximum absolute atomic E-state index is 5.54. The molecule has 0 spiro atoms. The van der Waals surface area contributed by atoms with Crippen molar-refractivity contribution in [2.24, 2.45) is 5.84 Å². The summed E-state index contributed by atoms with van der Waals surface area (Å²) in [6.45, 7) is 5.85. The van der Waals surface area contributed by atoms with Crippen molar-refractivity contribution >= 4 is 11.5 Å². The highest BCUT2D eigenvalue weighted by atomic mass is 32.1. The van der Waals surface area contributed by atoms with Gasteiger partial charge in [0.1, 0.15) is 0 Å². The molecule has 0 fully saturated rings. The molecule has 1 atom stereocenters. The fourth-order valence-corrected chi connectivity index (χ4v) is 2.25. The molecule has 0 aliphatic carbocycles. The quantitative estimate of drug-likeness (QED) is 0.424. The van der Waals surface area contributed by atoms with Crippen molar-refractivity contribution in [3.8, 4) is 0 Å². The van der Waals surface area contributed by atoms with Crippen molar-refractivity contribution in [1.29, 1.82) is 0 Å². The number of hydrogen-bond donors (Lipinski definition) is 2. The van der Waals surface area contributed by atoms with Crippen LogP contribution in [0.1, 0.15) is 42.8 Å². The lowest BCUT2D eigenvalue weighted by Crippen LogP contribution is -2.28. The largest absolute Gasteiger partial charge is 0.271 e. The van der Waals surface area contributed by atoms with Gasteiger partial charge in [-0.25, -0.2) is 0 Å². The average molecular weight is 226 g/mol. The summed E-state index contributed by atoms with van der Waals surface area (Å²) < 4.78 is 3.99. The first-order valence-corrected chi connectivity index (χ1v) is 5.99. The summed E-state index contributed by atoms with van der Waals surface area (Å²) in [4.78, 5) is 1.17. The molecule has 84 valence electrons. The van der Waals surface area contributed by atoms with Gasteiger partial charge < -0.3 is 0 Å². The normalized spacial score (nSPS) is 12.7. The molecule has 1 heterocycles. The Bertz CT molecular complexity index is 297. The number of allylic oxidation sites excluding steroid dienone is 1. The molecule has 3 N–H and O–H groups in total. The van der Waals surface area contributed by atoms with E-state index in [0.717, 1.165) is 31.4 Å². The van der Waals surface area contributed by atoms with Crippen molar-refractivity contribution in [1.82, 2.24) is 15.0 Å². The van der Waals surface area contributed by atoms with Gasteiger partial charge in [-0.05, 0) is 30.8 Å². The molecule has 0 radical (unpaired) electrons. The summed E-state index contributed by atoms with van der Waals surface area (Å²) in [7, 11) is 0. The Hall–Kier alpha value is -0.780. The van der Waals surface area contributed by atoms with Crippen LogP contribution < -0.4 is 11.3 Å². The van der Waals surface area contributed by atoms with E-state index in [4.69, 9.17) is 5.84 Å². The van der Waals surface area contributed by atoms with E-state index in [1.54, 1.807) is 0 Å². The van der Waals surface area contributed by atoms with Crippen molar-refractivity contribution in [3.63, 3.8) is 0 Å². The minimum absolute atomic E-state index is 0.157. The van der Waals surface area contributed by atoms with Gasteiger partial charge in [-0.3, -0.25) is 11.3 Å². The molecule has 1 unspecified atom stereocenters. The predicted molar refractivity (Wildman–Crippen MR) is 63.4 cm³/mol. The summed E-state index contributed by atoms with van der Waals surface area (Å²) in [6.07, 6.45) is 5.84. The SMILES string of the molecule is C=CCCC(NN)c1snnc1CCC. The van der Waals surface area contributed by atoms with E-state index in [0.29, 0.717) is 0 Å². The molecule has 0 aliphatic rings. The number of nitrogens with two attached hydrogens (primary N) is 1. The number of rotatable bonds is 7. The Morgan fingerprint density at radius 3 is 3.07 bits per heavy atom. The highest BCUT2D eigenvalue weighted by molar-refractivity contribution is 7.05. The van der Waals surface area contributed by atoms with Crippen molar-refractivity contribution < 1.29 is 0 Å². The first kappa shape index (κ1) is 12.3. The van der Waals surface area contributed by atoms with Gasteiger partial charge in [-0.1, -0.05) is 23.9 Å². The molecule has 0 aliphatic heterocycles. The number of hydrazine groups is 1. The van der Waals surface area contributed by atoms with E-state index >= 15 is 0 Å². The van der Waals surface area contributed by atoms with E-state index in [1.807, 2.05) is 6.08 Å². The molecule has 0 saturated heterocycles. The van der Waals surface area contributed by atoms with Crippen LogP contribution in [0, 0.1) is 0 Å². The summed E-state index contributed by atoms with van der Waals surface area (Å²) >= 11 is 1.43. The van der Waals surface area contributed by atoms with Gasteiger partial charge in [-0.15, -0.1) is 11.7 Å². The number of aromatic nitrogens is 2. The molecule has 4 nitrogen and oxygen atoms in total. The molecular weight excluding hydrogens is 208 g/mol. The van der Waals surface area contributed by atoms with Crippen LogP contribution in [-0.4, -0.2) is 9.59 Å². The van der Waals surface area contributed by atoms with Crippen LogP contribution in [0.25, 0.3) is 0 Å². The number of nitrogens with zero attached hydrogens (tertiary/aromatic N) is 2. The molecule has 0 amide bonds. The third-order valence-corrected chi connectivity index (χ3v) is 3.13. The van der Waals surface area contributed by atoms with E-state index in [1.165, 1.54) is 16.4 Å². The number of hydrogen-bond acceptors (Lipinski definition) is 5. The Balaban J connectivity index is 2.71. The van der Waals surface area contributed by atoms with Gasteiger partial charge in [0.2, 0.25) is 0 Å². The van der Waals surface area contributed by atoms with Crippen molar-refractivity contribution in [3.05, 3.63) is 23.2 Å². The lowest BCUT2D eigenvalue weighted by Gasteiger charge is -2.13. The molecule has 1 aromatic rings. The Labute approximate surface area is 94.7 Å². The van der Waals surface area contributed by atoms with E-state index in [-0.39, 0.29) is 6.04 Å². The van der Waals surface area contributed by atoms with Crippen LogP contribution in [0.5, 0.6) is 0 Å². The van der Waals surface area contributed by atoms with Gasteiger partial charge in [0.15, 0.2) is 0 Å². The first-order valence-electron chi connectivity index (χ1n) is 5.21. The highest BCUT2D eigenvalue weighted by Crippen LogP contribution is 2.24. The van der Waals surface area contributed by atoms with Gasteiger partial charge in [0.25, 0.3) is 0 Å². The molecule has 1 rings (SSSR count). The topological polar surface area (TPSA) is 63.8 Å². The van der Waals surface area contributed by atoms with Crippen LogP contribution in [0.15, 0.2) is 12.7 Å². The molecule has 15 heavy (non-hydrogen) atoms. The van der Waals surface area contributed by atoms with Gasteiger partial charge in [0, 0.05) is 0 Å². The number of nitrogens with one attached hydrogen (secondary N) is 1. The first-order chi connectivity index (χ1) is 7.33. The zero-order valence-electron chi connectivity index (χ0n) is 9.07. The molecular formula is C10H18N4S. The molecule has 0 saturated carbocycles. The lowest BCUT2D eigenvalue weighted by atomic mass is 10.1. The summed E-state index contributed by atoms with van der Waals surface area (Å²) in [5, 5.41) is 4.13. The second kappa shape index (κ2) is 6.66. The standard InChI is InChI=1S/C10H18N4S/c1-3-5-7-8(12-11)10-9(6-4-2)13-14-15-10/h3,8,12H,1,4-7,11H2,2H3. The molecule has 0 bridgehead atoms. The second-order valence-electron chi connectivity index (χ2n) is 3.42. The minimum Gasteiger partial charge on any atom is -0.271 e. The molecule has 1 aromatic heterocycles. The van der Waals surface area contributed by atoms with Crippen LogP contribution in [0.3, 0.4) is 0 Å². The zero-order valence-corrected chi connectivity index (χ0v) is 9.89. The molecule has 0 aromatic carbocycles. The maximum atomic E-state index is 5.54. The zero-order chi connectivity index (χ0) is 11.1. The minimum atomic E-state index is 0.157. The van der Waals surface area contributed by atoms with Crippen LogP contribution in [-0.2, 0) is 6.42 Å². The monoisotopic (exact) mass is 226 g/mol. The third-order valence-electron chi connectivity index (χ3n) is 2.25. The Morgan fingerprint density at radius 1 is 1.67 bits per heavy atom. The molecule has 5 heteroatoms. The van der Waals surface area contributed by atoms with Crippen LogP contribution in [0.4, 0.5) is 0 Å².